The zero-order valence-corrected chi connectivity index (χ0v) is 15.3. The topological polar surface area (TPSA) is 89.3 Å². The van der Waals surface area contributed by atoms with E-state index in [2.05, 4.69) is 18.6 Å². The van der Waals surface area contributed by atoms with Crippen LogP contribution in [-0.4, -0.2) is 13.3 Å². The average molecular weight is 362 g/mol. The predicted molar refractivity (Wildman–Crippen MR) is 97.0 cm³/mol. The van der Waals surface area contributed by atoms with Crippen LogP contribution < -0.4 is 4.72 Å². The van der Waals surface area contributed by atoms with Gasteiger partial charge in [0.25, 0.3) is 5.69 Å². The molecule has 0 radical (unpaired) electrons. The van der Waals surface area contributed by atoms with Crippen LogP contribution in [0.1, 0.15) is 50.3 Å². The van der Waals surface area contributed by atoms with E-state index in [1.165, 1.54) is 29.8 Å². The van der Waals surface area contributed by atoms with Crippen molar-refractivity contribution in [3.63, 3.8) is 0 Å². The summed E-state index contributed by atoms with van der Waals surface area (Å²) in [6, 6.07) is 12.6. The second-order valence-corrected chi connectivity index (χ2v) is 7.81. The average Bonchev–Trinajstić information content (AvgIpc) is 2.59. The molecule has 2 aromatic carbocycles. The minimum atomic E-state index is -4.01. The fraction of sp³-hybridized carbons (Fsp3) is 0.333. The van der Waals surface area contributed by atoms with Crippen molar-refractivity contribution in [1.82, 2.24) is 4.72 Å². The van der Waals surface area contributed by atoms with E-state index in [0.717, 1.165) is 5.56 Å². The molecule has 1 atom stereocenters. The molecule has 0 fully saturated rings. The molecule has 1 N–H and O–H groups in total. The van der Waals surface area contributed by atoms with Gasteiger partial charge in [0, 0.05) is 12.1 Å². The van der Waals surface area contributed by atoms with E-state index in [9.17, 15) is 18.5 Å². The van der Waals surface area contributed by atoms with Crippen LogP contribution in [-0.2, 0) is 10.0 Å². The zero-order chi connectivity index (χ0) is 18.6. The number of hydrogen-bond acceptors (Lipinski definition) is 4. The number of rotatable bonds is 7. The Balaban J connectivity index is 2.33. The molecule has 25 heavy (non-hydrogen) atoms. The predicted octanol–water partition coefficient (Wildman–Crippen LogP) is 4.15. The highest BCUT2D eigenvalue weighted by Gasteiger charge is 2.27. The number of nitro groups is 1. The fourth-order valence-corrected chi connectivity index (χ4v) is 4.07. The van der Waals surface area contributed by atoms with Gasteiger partial charge < -0.3 is 0 Å². The van der Waals surface area contributed by atoms with Crippen molar-refractivity contribution in [1.29, 1.82) is 0 Å². The van der Waals surface area contributed by atoms with Crippen molar-refractivity contribution in [3.8, 4) is 0 Å². The molecule has 0 bridgehead atoms. The second-order valence-electron chi connectivity index (χ2n) is 6.13. The molecule has 0 saturated heterocycles. The maximum absolute atomic E-state index is 12.7. The van der Waals surface area contributed by atoms with Crippen LogP contribution >= 0.6 is 0 Å². The van der Waals surface area contributed by atoms with Crippen LogP contribution in [0.2, 0.25) is 0 Å². The van der Waals surface area contributed by atoms with E-state index in [1.807, 2.05) is 31.2 Å². The number of sulfonamides is 1. The molecule has 134 valence electrons. The quantitative estimate of drug-likeness (QED) is 0.592. The van der Waals surface area contributed by atoms with Gasteiger partial charge in [-0.1, -0.05) is 57.2 Å². The van der Waals surface area contributed by atoms with E-state index < -0.39 is 26.7 Å². The Morgan fingerprint density at radius 3 is 2.12 bits per heavy atom. The molecule has 7 heteroatoms. The Hall–Kier alpha value is -2.25. The molecule has 2 aromatic rings. The Morgan fingerprint density at radius 1 is 1.04 bits per heavy atom. The third-order valence-electron chi connectivity index (χ3n) is 4.06. The van der Waals surface area contributed by atoms with Crippen LogP contribution in [0.5, 0.6) is 0 Å². The van der Waals surface area contributed by atoms with E-state index >= 15 is 0 Å². The van der Waals surface area contributed by atoms with E-state index in [0.29, 0.717) is 12.3 Å². The Morgan fingerprint density at radius 2 is 1.60 bits per heavy atom. The van der Waals surface area contributed by atoms with Crippen molar-refractivity contribution < 1.29 is 13.3 Å². The van der Waals surface area contributed by atoms with Crippen LogP contribution in [0.15, 0.2) is 53.4 Å². The normalized spacial score (nSPS) is 13.0. The highest BCUT2D eigenvalue weighted by Crippen LogP contribution is 2.27. The summed E-state index contributed by atoms with van der Waals surface area (Å²) in [5, 5.41) is 11.1. The monoisotopic (exact) mass is 362 g/mol. The van der Waals surface area contributed by atoms with Crippen molar-refractivity contribution >= 4 is 15.7 Å². The lowest BCUT2D eigenvalue weighted by atomic mass is 9.98. The molecule has 0 aromatic heterocycles. The van der Waals surface area contributed by atoms with E-state index in [1.54, 1.807) is 0 Å². The number of nitrogens with one attached hydrogen (secondary N) is 1. The lowest BCUT2D eigenvalue weighted by Crippen LogP contribution is -2.28. The van der Waals surface area contributed by atoms with Crippen LogP contribution in [0.4, 0.5) is 5.69 Å². The van der Waals surface area contributed by atoms with E-state index in [4.69, 9.17) is 0 Å². The van der Waals surface area contributed by atoms with Crippen molar-refractivity contribution in [2.75, 3.05) is 0 Å². The first-order chi connectivity index (χ1) is 11.8. The first kappa shape index (κ1) is 19.1. The third-order valence-corrected chi connectivity index (χ3v) is 5.58. The van der Waals surface area contributed by atoms with Gasteiger partial charge in [-0.25, -0.2) is 13.1 Å². The molecule has 0 saturated carbocycles. The highest BCUT2D eigenvalue weighted by atomic mass is 32.2. The summed E-state index contributed by atoms with van der Waals surface area (Å²) < 4.78 is 27.9. The summed E-state index contributed by atoms with van der Waals surface area (Å²) in [4.78, 5) is 10.1. The van der Waals surface area contributed by atoms with Gasteiger partial charge in [-0.15, -0.1) is 0 Å². The van der Waals surface area contributed by atoms with E-state index in [-0.39, 0.29) is 4.90 Å². The highest BCUT2D eigenvalue weighted by molar-refractivity contribution is 7.89. The molecule has 0 aliphatic rings. The number of hydrogen-bond donors (Lipinski definition) is 1. The second kappa shape index (κ2) is 7.76. The maximum atomic E-state index is 12.7. The number of nitrogens with zero attached hydrogens (tertiary/aromatic N) is 1. The Bertz CT molecular complexity index is 846. The van der Waals surface area contributed by atoms with Gasteiger partial charge >= 0.3 is 0 Å². The van der Waals surface area contributed by atoms with Gasteiger partial charge in [0.15, 0.2) is 4.90 Å². The Kier molecular flexibility index (Phi) is 5.92. The summed E-state index contributed by atoms with van der Waals surface area (Å²) in [5.74, 6) is 0.387. The lowest BCUT2D eigenvalue weighted by Gasteiger charge is -2.18. The number of nitro benzene ring substituents is 1. The van der Waals surface area contributed by atoms with Crippen LogP contribution in [0.25, 0.3) is 0 Å². The van der Waals surface area contributed by atoms with Gasteiger partial charge in [0.05, 0.1) is 4.92 Å². The van der Waals surface area contributed by atoms with Crippen molar-refractivity contribution in [2.45, 2.75) is 44.0 Å². The summed E-state index contributed by atoms with van der Waals surface area (Å²) >= 11 is 0. The molecule has 0 amide bonds. The standard InChI is InChI=1S/C18H22N2O4S/c1-4-16(15-11-9-14(10-12-15)13(2)3)19-25(23,24)18-8-6-5-7-17(18)20(21)22/h5-13,16,19H,4H2,1-3H3. The summed E-state index contributed by atoms with van der Waals surface area (Å²) in [6.07, 6.45) is 0.529. The Labute approximate surface area is 148 Å². The molecular formula is C18H22N2O4S. The minimum Gasteiger partial charge on any atom is -0.258 e. The molecule has 0 aliphatic heterocycles. The third kappa shape index (κ3) is 4.43. The molecule has 0 aliphatic carbocycles. The maximum Gasteiger partial charge on any atom is 0.289 e. The van der Waals surface area contributed by atoms with Crippen molar-refractivity contribution in [2.24, 2.45) is 0 Å². The zero-order valence-electron chi connectivity index (χ0n) is 14.5. The van der Waals surface area contributed by atoms with Crippen molar-refractivity contribution in [3.05, 3.63) is 69.8 Å². The molecule has 2 rings (SSSR count). The number of benzene rings is 2. The smallest absolute Gasteiger partial charge is 0.258 e. The molecule has 0 spiro atoms. The van der Waals surface area contributed by atoms with Gasteiger partial charge in [0.2, 0.25) is 10.0 Å². The van der Waals surface area contributed by atoms with Gasteiger partial charge in [-0.05, 0) is 29.5 Å². The number of para-hydroxylation sites is 1. The summed E-state index contributed by atoms with van der Waals surface area (Å²) in [6.45, 7) is 6.04. The molecule has 1 unspecified atom stereocenters. The van der Waals surface area contributed by atoms with Gasteiger partial charge in [0.1, 0.15) is 0 Å². The minimum absolute atomic E-state index is 0.322. The first-order valence-corrected chi connectivity index (χ1v) is 9.60. The lowest BCUT2D eigenvalue weighted by molar-refractivity contribution is -0.387. The molecular weight excluding hydrogens is 340 g/mol. The van der Waals surface area contributed by atoms with Gasteiger partial charge in [-0.2, -0.15) is 0 Å². The summed E-state index contributed by atoms with van der Waals surface area (Å²) in [7, 11) is -4.01. The SMILES string of the molecule is CCC(NS(=O)(=O)c1ccccc1[N+](=O)[O-])c1ccc(C(C)C)cc1. The fourth-order valence-electron chi connectivity index (χ4n) is 2.59. The van der Waals surface area contributed by atoms with Crippen LogP contribution in [0, 0.1) is 10.1 Å². The first-order valence-electron chi connectivity index (χ1n) is 8.12. The largest absolute Gasteiger partial charge is 0.289 e. The van der Waals surface area contributed by atoms with Crippen LogP contribution in [0.3, 0.4) is 0 Å². The van der Waals surface area contributed by atoms with Gasteiger partial charge in [-0.3, -0.25) is 10.1 Å². The molecule has 6 nitrogen and oxygen atoms in total. The summed E-state index contributed by atoms with van der Waals surface area (Å²) in [5.41, 5.74) is 1.56. The molecule has 0 heterocycles.